The van der Waals surface area contributed by atoms with Crippen molar-refractivity contribution in [2.75, 3.05) is 26.2 Å². The molecule has 1 saturated heterocycles. The highest BCUT2D eigenvalue weighted by molar-refractivity contribution is 5.84. The minimum Gasteiger partial charge on any atom is -0.354 e. The summed E-state index contributed by atoms with van der Waals surface area (Å²) in [6.07, 6.45) is 0. The summed E-state index contributed by atoms with van der Waals surface area (Å²) in [5, 5.41) is 5.42. The first kappa shape index (κ1) is 10.8. The van der Waals surface area contributed by atoms with Crippen LogP contribution < -0.4 is 10.6 Å². The van der Waals surface area contributed by atoms with Crippen LogP contribution in [0, 0.1) is 5.92 Å². The Labute approximate surface area is 83.8 Å². The van der Waals surface area contributed by atoms with Crippen molar-refractivity contribution in [1.29, 1.82) is 0 Å². The van der Waals surface area contributed by atoms with Crippen LogP contribution in [0.1, 0.15) is 13.8 Å². The van der Waals surface area contributed by atoms with Gasteiger partial charge in [-0.15, -0.1) is 0 Å². The molecule has 0 aliphatic carbocycles. The summed E-state index contributed by atoms with van der Waals surface area (Å²) in [7, 11) is 0. The fourth-order valence-electron chi connectivity index (χ4n) is 1.21. The number of rotatable bonds is 4. The van der Waals surface area contributed by atoms with Crippen molar-refractivity contribution < 1.29 is 9.59 Å². The number of urea groups is 1. The lowest BCUT2D eigenvalue weighted by Gasteiger charge is -2.14. The first-order chi connectivity index (χ1) is 6.59. The van der Waals surface area contributed by atoms with E-state index in [0.29, 0.717) is 25.6 Å². The molecule has 0 radical (unpaired) electrons. The van der Waals surface area contributed by atoms with Crippen molar-refractivity contribution in [1.82, 2.24) is 15.5 Å². The largest absolute Gasteiger partial charge is 0.354 e. The van der Waals surface area contributed by atoms with Gasteiger partial charge < -0.3 is 15.5 Å². The summed E-state index contributed by atoms with van der Waals surface area (Å²) in [4.78, 5) is 23.9. The van der Waals surface area contributed by atoms with Crippen LogP contribution >= 0.6 is 0 Å². The average molecular weight is 199 g/mol. The average Bonchev–Trinajstić information content (AvgIpc) is 2.49. The van der Waals surface area contributed by atoms with Gasteiger partial charge >= 0.3 is 6.03 Å². The third kappa shape index (κ3) is 3.24. The van der Waals surface area contributed by atoms with Crippen LogP contribution in [0.2, 0.25) is 0 Å². The topological polar surface area (TPSA) is 61.4 Å². The van der Waals surface area contributed by atoms with Crippen molar-refractivity contribution in [3.05, 3.63) is 0 Å². The fourth-order valence-corrected chi connectivity index (χ4v) is 1.21. The van der Waals surface area contributed by atoms with Crippen LogP contribution in [-0.2, 0) is 4.79 Å². The molecule has 0 aromatic rings. The number of nitrogens with zero attached hydrogens (tertiary/aromatic N) is 1. The highest BCUT2D eigenvalue weighted by Gasteiger charge is 2.21. The van der Waals surface area contributed by atoms with E-state index in [1.807, 2.05) is 13.8 Å². The minimum absolute atomic E-state index is 0.0873. The van der Waals surface area contributed by atoms with Gasteiger partial charge in [0.05, 0.1) is 0 Å². The molecule has 1 aliphatic rings. The molecule has 0 unspecified atom stereocenters. The third-order valence-corrected chi connectivity index (χ3v) is 1.99. The number of carbonyl (C=O) groups is 2. The molecule has 14 heavy (non-hydrogen) atoms. The predicted molar refractivity (Wildman–Crippen MR) is 52.8 cm³/mol. The van der Waals surface area contributed by atoms with E-state index in [2.05, 4.69) is 10.6 Å². The second-order valence-corrected chi connectivity index (χ2v) is 3.85. The van der Waals surface area contributed by atoms with Crippen molar-refractivity contribution in [2.45, 2.75) is 13.8 Å². The third-order valence-electron chi connectivity index (χ3n) is 1.99. The van der Waals surface area contributed by atoms with Crippen molar-refractivity contribution in [2.24, 2.45) is 5.92 Å². The predicted octanol–water partition coefficient (Wildman–Crippen LogP) is -0.216. The molecular formula is C9H17N3O2. The Morgan fingerprint density at radius 2 is 2.36 bits per heavy atom. The molecule has 1 heterocycles. The van der Waals surface area contributed by atoms with Crippen LogP contribution in [0.5, 0.6) is 0 Å². The Morgan fingerprint density at radius 1 is 1.64 bits per heavy atom. The summed E-state index contributed by atoms with van der Waals surface area (Å²) in [5.41, 5.74) is 0. The van der Waals surface area contributed by atoms with Crippen LogP contribution in [-0.4, -0.2) is 43.0 Å². The number of hydrogen-bond acceptors (Lipinski definition) is 2. The zero-order valence-electron chi connectivity index (χ0n) is 8.67. The van der Waals surface area contributed by atoms with Crippen LogP contribution in [0.4, 0.5) is 4.79 Å². The van der Waals surface area contributed by atoms with Crippen molar-refractivity contribution in [3.8, 4) is 0 Å². The number of amides is 3. The van der Waals surface area contributed by atoms with Gasteiger partial charge in [0.25, 0.3) is 0 Å². The maximum Gasteiger partial charge on any atom is 0.317 e. The number of carbonyl (C=O) groups excluding carboxylic acids is 2. The Balaban J connectivity index is 2.23. The molecule has 1 rings (SSSR count). The van der Waals surface area contributed by atoms with E-state index >= 15 is 0 Å². The van der Waals surface area contributed by atoms with E-state index in [4.69, 9.17) is 0 Å². The van der Waals surface area contributed by atoms with Gasteiger partial charge in [0.15, 0.2) is 0 Å². The van der Waals surface area contributed by atoms with Gasteiger partial charge in [-0.2, -0.15) is 0 Å². The summed E-state index contributed by atoms with van der Waals surface area (Å²) in [6.45, 7) is 6.14. The number of hydrogen-bond donors (Lipinski definition) is 2. The minimum atomic E-state index is -0.148. The van der Waals surface area contributed by atoms with E-state index < -0.39 is 0 Å². The molecule has 0 atom stereocenters. The fraction of sp³-hybridized carbons (Fsp3) is 0.778. The monoisotopic (exact) mass is 199 g/mol. The molecule has 5 heteroatoms. The second-order valence-electron chi connectivity index (χ2n) is 3.85. The molecular weight excluding hydrogens is 182 g/mol. The van der Waals surface area contributed by atoms with Crippen molar-refractivity contribution in [3.63, 3.8) is 0 Å². The summed E-state index contributed by atoms with van der Waals surface area (Å²) in [5.74, 6) is 0.349. The van der Waals surface area contributed by atoms with Gasteiger partial charge in [0.1, 0.15) is 6.54 Å². The first-order valence-electron chi connectivity index (χ1n) is 4.89. The summed E-state index contributed by atoms with van der Waals surface area (Å²) in [6, 6.07) is -0.148. The highest BCUT2D eigenvalue weighted by atomic mass is 16.2. The Hall–Kier alpha value is -1.26. The van der Waals surface area contributed by atoms with E-state index in [1.54, 1.807) is 0 Å². The van der Waals surface area contributed by atoms with E-state index in [1.165, 1.54) is 4.90 Å². The Bertz CT molecular complexity index is 228. The number of nitrogens with one attached hydrogen (secondary N) is 2. The quantitative estimate of drug-likeness (QED) is 0.657. The van der Waals surface area contributed by atoms with E-state index in [-0.39, 0.29) is 18.5 Å². The maximum atomic E-state index is 11.3. The normalized spacial score (nSPS) is 15.9. The van der Waals surface area contributed by atoms with Gasteiger partial charge in [-0.3, -0.25) is 4.79 Å². The van der Waals surface area contributed by atoms with Gasteiger partial charge in [-0.25, -0.2) is 4.79 Å². The van der Waals surface area contributed by atoms with Crippen LogP contribution in [0.15, 0.2) is 0 Å². The molecule has 1 aliphatic heterocycles. The standard InChI is InChI=1S/C9H17N3O2/c1-7(2)5-11-8(13)6-12-4-3-10-9(12)14/h7H,3-6H2,1-2H3,(H,10,14)(H,11,13). The molecule has 80 valence electrons. The molecule has 1 fully saturated rings. The lowest BCUT2D eigenvalue weighted by atomic mass is 10.2. The zero-order valence-corrected chi connectivity index (χ0v) is 8.67. The molecule has 2 N–H and O–H groups in total. The van der Waals surface area contributed by atoms with Gasteiger partial charge in [-0.1, -0.05) is 13.8 Å². The first-order valence-corrected chi connectivity index (χ1v) is 4.89. The lowest BCUT2D eigenvalue weighted by molar-refractivity contribution is -0.121. The Kier molecular flexibility index (Phi) is 3.73. The van der Waals surface area contributed by atoms with E-state index in [9.17, 15) is 9.59 Å². The zero-order chi connectivity index (χ0) is 10.6. The molecule has 0 aromatic heterocycles. The molecule has 0 aromatic carbocycles. The Morgan fingerprint density at radius 3 is 2.86 bits per heavy atom. The highest BCUT2D eigenvalue weighted by Crippen LogP contribution is 1.95. The second kappa shape index (κ2) is 4.83. The van der Waals surface area contributed by atoms with Crippen molar-refractivity contribution >= 4 is 11.9 Å². The summed E-state index contributed by atoms with van der Waals surface area (Å²) < 4.78 is 0. The maximum absolute atomic E-state index is 11.3. The van der Waals surface area contributed by atoms with Gasteiger partial charge in [-0.05, 0) is 5.92 Å². The smallest absolute Gasteiger partial charge is 0.317 e. The van der Waals surface area contributed by atoms with Crippen LogP contribution in [0.25, 0.3) is 0 Å². The van der Waals surface area contributed by atoms with Crippen LogP contribution in [0.3, 0.4) is 0 Å². The molecule has 5 nitrogen and oxygen atoms in total. The molecule has 0 saturated carbocycles. The summed E-state index contributed by atoms with van der Waals surface area (Å²) >= 11 is 0. The molecule has 0 bridgehead atoms. The van der Waals surface area contributed by atoms with Gasteiger partial charge in [0, 0.05) is 19.6 Å². The van der Waals surface area contributed by atoms with E-state index in [0.717, 1.165) is 0 Å². The molecule has 3 amide bonds. The molecule has 0 spiro atoms. The SMILES string of the molecule is CC(C)CNC(=O)CN1CCNC1=O. The van der Waals surface area contributed by atoms with Gasteiger partial charge in [0.2, 0.25) is 5.91 Å². The lowest BCUT2D eigenvalue weighted by Crippen LogP contribution is -2.40.